The van der Waals surface area contributed by atoms with Crippen LogP contribution >= 0.6 is 0 Å². The van der Waals surface area contributed by atoms with Gasteiger partial charge in [0.2, 0.25) is 0 Å². The van der Waals surface area contributed by atoms with Gasteiger partial charge >= 0.3 is 0 Å². The maximum Gasteiger partial charge on any atom is 0.259 e. The number of aromatic nitrogens is 1. The fraction of sp³-hybridized carbons (Fsp3) is 0.636. The van der Waals surface area contributed by atoms with Gasteiger partial charge in [-0.05, 0) is 0 Å². The molecule has 2 rings (SSSR count). The summed E-state index contributed by atoms with van der Waals surface area (Å²) in [7, 11) is 0. The summed E-state index contributed by atoms with van der Waals surface area (Å²) in [5, 5.41) is 3.71. The molecule has 0 radical (unpaired) electrons. The fourth-order valence-corrected chi connectivity index (χ4v) is 1.76. The van der Waals surface area contributed by atoms with Gasteiger partial charge in [-0.25, -0.2) is 0 Å². The summed E-state index contributed by atoms with van der Waals surface area (Å²) in [5.41, 5.74) is 0.580. The summed E-state index contributed by atoms with van der Waals surface area (Å²) >= 11 is 0. The van der Waals surface area contributed by atoms with Gasteiger partial charge in [-0.1, -0.05) is 19.0 Å². The van der Waals surface area contributed by atoms with E-state index in [2.05, 4.69) is 5.16 Å². The number of hydrogen-bond acceptors (Lipinski definition) is 4. The van der Waals surface area contributed by atoms with Crippen LogP contribution in [0.2, 0.25) is 0 Å². The number of hydrogen-bond donors (Lipinski definition) is 0. The van der Waals surface area contributed by atoms with Crippen molar-refractivity contribution in [2.45, 2.75) is 19.8 Å². The van der Waals surface area contributed by atoms with Gasteiger partial charge in [0.15, 0.2) is 5.76 Å². The van der Waals surface area contributed by atoms with Crippen molar-refractivity contribution in [1.29, 1.82) is 0 Å². The molecule has 0 bridgehead atoms. The lowest BCUT2D eigenvalue weighted by Gasteiger charge is -2.26. The summed E-state index contributed by atoms with van der Waals surface area (Å²) in [5.74, 6) is 0.826. The number of carbonyl (C=O) groups excluding carboxylic acids is 1. The first kappa shape index (κ1) is 11.1. The molecule has 0 spiro atoms. The Morgan fingerprint density at radius 1 is 1.44 bits per heavy atom. The van der Waals surface area contributed by atoms with Crippen LogP contribution in [0.4, 0.5) is 0 Å². The molecule has 1 aromatic heterocycles. The Morgan fingerprint density at radius 3 is 2.75 bits per heavy atom. The van der Waals surface area contributed by atoms with Crippen molar-refractivity contribution in [3.05, 3.63) is 17.5 Å². The fourth-order valence-electron chi connectivity index (χ4n) is 1.76. The molecule has 0 saturated carbocycles. The number of carbonyl (C=O) groups is 1. The molecule has 0 atom stereocenters. The maximum absolute atomic E-state index is 12.2. The highest BCUT2D eigenvalue weighted by Gasteiger charge is 2.24. The quantitative estimate of drug-likeness (QED) is 0.759. The van der Waals surface area contributed by atoms with Crippen molar-refractivity contribution in [1.82, 2.24) is 10.1 Å². The van der Waals surface area contributed by atoms with Crippen LogP contribution in [0.5, 0.6) is 0 Å². The summed E-state index contributed by atoms with van der Waals surface area (Å²) in [6, 6.07) is 0. The SMILES string of the molecule is CC(C)c1oncc1C(=O)N1CCOCC1. The topological polar surface area (TPSA) is 55.6 Å². The van der Waals surface area contributed by atoms with E-state index in [1.165, 1.54) is 6.20 Å². The highest BCUT2D eigenvalue weighted by Crippen LogP contribution is 2.20. The molecule has 5 nitrogen and oxygen atoms in total. The van der Waals surface area contributed by atoms with Crippen LogP contribution in [-0.4, -0.2) is 42.3 Å². The third-order valence-corrected chi connectivity index (χ3v) is 2.65. The van der Waals surface area contributed by atoms with Crippen LogP contribution in [0, 0.1) is 0 Å². The number of amides is 1. The van der Waals surface area contributed by atoms with E-state index in [0.29, 0.717) is 37.6 Å². The molecule has 0 N–H and O–H groups in total. The average molecular weight is 224 g/mol. The molecular weight excluding hydrogens is 208 g/mol. The molecular formula is C11H16N2O3. The van der Waals surface area contributed by atoms with Crippen molar-refractivity contribution in [2.24, 2.45) is 0 Å². The van der Waals surface area contributed by atoms with Crippen LogP contribution in [0.15, 0.2) is 10.7 Å². The van der Waals surface area contributed by atoms with Crippen molar-refractivity contribution in [3.63, 3.8) is 0 Å². The number of morpholine rings is 1. The Labute approximate surface area is 94.3 Å². The Kier molecular flexibility index (Phi) is 3.24. The zero-order chi connectivity index (χ0) is 11.5. The van der Waals surface area contributed by atoms with Gasteiger partial charge in [-0.3, -0.25) is 4.79 Å². The zero-order valence-electron chi connectivity index (χ0n) is 9.60. The Balaban J connectivity index is 2.16. The predicted molar refractivity (Wildman–Crippen MR) is 57.3 cm³/mol. The summed E-state index contributed by atoms with van der Waals surface area (Å²) in [6.07, 6.45) is 1.51. The van der Waals surface area contributed by atoms with Crippen LogP contribution in [0.3, 0.4) is 0 Å². The van der Waals surface area contributed by atoms with E-state index in [4.69, 9.17) is 9.26 Å². The highest BCUT2D eigenvalue weighted by molar-refractivity contribution is 5.95. The number of ether oxygens (including phenoxy) is 1. The van der Waals surface area contributed by atoms with Crippen molar-refractivity contribution in [2.75, 3.05) is 26.3 Å². The molecule has 2 heterocycles. The van der Waals surface area contributed by atoms with Crippen LogP contribution in [0.1, 0.15) is 35.9 Å². The van der Waals surface area contributed by atoms with Crippen molar-refractivity contribution < 1.29 is 14.1 Å². The standard InChI is InChI=1S/C11H16N2O3/c1-8(2)10-9(7-12-16-10)11(14)13-3-5-15-6-4-13/h7-8H,3-6H2,1-2H3. The van der Waals surface area contributed by atoms with E-state index >= 15 is 0 Å². The largest absolute Gasteiger partial charge is 0.378 e. The van der Waals surface area contributed by atoms with Crippen LogP contribution < -0.4 is 0 Å². The molecule has 16 heavy (non-hydrogen) atoms. The van der Waals surface area contributed by atoms with E-state index in [-0.39, 0.29) is 11.8 Å². The van der Waals surface area contributed by atoms with Crippen LogP contribution in [0.25, 0.3) is 0 Å². The molecule has 1 aliphatic heterocycles. The lowest BCUT2D eigenvalue weighted by molar-refractivity contribution is 0.0301. The first-order valence-corrected chi connectivity index (χ1v) is 5.51. The number of rotatable bonds is 2. The molecule has 1 aliphatic rings. The minimum atomic E-state index is -0.00625. The van der Waals surface area contributed by atoms with Crippen LogP contribution in [-0.2, 0) is 4.74 Å². The first-order chi connectivity index (χ1) is 7.70. The molecule has 0 aromatic carbocycles. The molecule has 1 amide bonds. The van der Waals surface area contributed by atoms with Crippen molar-refractivity contribution in [3.8, 4) is 0 Å². The lowest BCUT2D eigenvalue weighted by Crippen LogP contribution is -2.40. The average Bonchev–Trinajstić information content (AvgIpc) is 2.78. The van der Waals surface area contributed by atoms with Gasteiger partial charge < -0.3 is 14.2 Å². The van der Waals surface area contributed by atoms with Gasteiger partial charge in [-0.15, -0.1) is 0 Å². The monoisotopic (exact) mass is 224 g/mol. The third-order valence-electron chi connectivity index (χ3n) is 2.65. The van der Waals surface area contributed by atoms with E-state index in [9.17, 15) is 4.79 Å². The van der Waals surface area contributed by atoms with Gasteiger partial charge in [0.05, 0.1) is 19.4 Å². The van der Waals surface area contributed by atoms with Gasteiger partial charge in [0.1, 0.15) is 5.56 Å². The van der Waals surface area contributed by atoms with E-state index < -0.39 is 0 Å². The predicted octanol–water partition coefficient (Wildman–Crippen LogP) is 1.27. The van der Waals surface area contributed by atoms with E-state index in [0.717, 1.165) is 0 Å². The third kappa shape index (κ3) is 2.09. The molecule has 0 unspecified atom stereocenters. The molecule has 1 fully saturated rings. The second-order valence-electron chi connectivity index (χ2n) is 4.16. The minimum Gasteiger partial charge on any atom is -0.378 e. The molecule has 0 aliphatic carbocycles. The second kappa shape index (κ2) is 4.65. The van der Waals surface area contributed by atoms with Gasteiger partial charge in [-0.2, -0.15) is 0 Å². The minimum absolute atomic E-state index is 0.00625. The van der Waals surface area contributed by atoms with Gasteiger partial charge in [0, 0.05) is 19.0 Å². The van der Waals surface area contributed by atoms with E-state index in [1.807, 2.05) is 13.8 Å². The molecule has 1 saturated heterocycles. The molecule has 5 heteroatoms. The summed E-state index contributed by atoms with van der Waals surface area (Å²) in [4.78, 5) is 13.9. The Bertz CT molecular complexity index is 367. The first-order valence-electron chi connectivity index (χ1n) is 5.51. The highest BCUT2D eigenvalue weighted by atomic mass is 16.5. The smallest absolute Gasteiger partial charge is 0.259 e. The molecule has 88 valence electrons. The summed E-state index contributed by atoms with van der Waals surface area (Å²) < 4.78 is 10.3. The molecule has 1 aromatic rings. The Hall–Kier alpha value is -1.36. The van der Waals surface area contributed by atoms with E-state index in [1.54, 1.807) is 4.90 Å². The second-order valence-corrected chi connectivity index (χ2v) is 4.16. The van der Waals surface area contributed by atoms with Gasteiger partial charge in [0.25, 0.3) is 5.91 Å². The zero-order valence-corrected chi connectivity index (χ0v) is 9.60. The lowest BCUT2D eigenvalue weighted by atomic mass is 10.1. The maximum atomic E-state index is 12.2. The Morgan fingerprint density at radius 2 is 2.12 bits per heavy atom. The number of nitrogens with zero attached hydrogens (tertiary/aromatic N) is 2. The summed E-state index contributed by atoms with van der Waals surface area (Å²) in [6.45, 7) is 6.46. The normalized spacial score (nSPS) is 16.8. The van der Waals surface area contributed by atoms with Crippen molar-refractivity contribution >= 4 is 5.91 Å².